The quantitative estimate of drug-likeness (QED) is 0.743. The zero-order valence-electron chi connectivity index (χ0n) is 11.4. The number of halogens is 2. The Balaban J connectivity index is 2.55. The second kappa shape index (κ2) is 7.31. The minimum atomic E-state index is -1.48. The molecule has 4 nitrogen and oxygen atoms in total. The van der Waals surface area contributed by atoms with Crippen LogP contribution in [0.4, 0.5) is 8.78 Å². The van der Waals surface area contributed by atoms with Crippen molar-refractivity contribution in [2.45, 2.75) is 32.5 Å². The van der Waals surface area contributed by atoms with Gasteiger partial charge in [-0.2, -0.15) is 0 Å². The van der Waals surface area contributed by atoms with E-state index in [-0.39, 0.29) is 18.9 Å². The first kappa shape index (κ1) is 16.5. The number of aliphatic hydroxyl groups excluding tert-OH is 2. The van der Waals surface area contributed by atoms with Crippen LogP contribution < -0.4 is 5.32 Å². The Morgan fingerprint density at radius 3 is 2.30 bits per heavy atom. The normalized spacial score (nSPS) is 14.2. The summed E-state index contributed by atoms with van der Waals surface area (Å²) >= 11 is 0. The lowest BCUT2D eigenvalue weighted by Gasteiger charge is -2.16. The summed E-state index contributed by atoms with van der Waals surface area (Å²) in [5, 5.41) is 21.6. The van der Waals surface area contributed by atoms with Crippen molar-refractivity contribution in [3.63, 3.8) is 0 Å². The van der Waals surface area contributed by atoms with Crippen LogP contribution in [0.2, 0.25) is 0 Å². The second-order valence-corrected chi connectivity index (χ2v) is 4.97. The molecule has 0 radical (unpaired) electrons. The Labute approximate surface area is 116 Å². The molecule has 0 spiro atoms. The third-order valence-corrected chi connectivity index (χ3v) is 2.99. The molecule has 20 heavy (non-hydrogen) atoms. The van der Waals surface area contributed by atoms with E-state index in [0.29, 0.717) is 0 Å². The van der Waals surface area contributed by atoms with Crippen LogP contribution in [0.3, 0.4) is 0 Å². The number of carbonyl (C=O) groups excluding carboxylic acids is 1. The van der Waals surface area contributed by atoms with Gasteiger partial charge in [0.1, 0.15) is 17.7 Å². The molecule has 1 rings (SSSR count). The van der Waals surface area contributed by atoms with E-state index in [1.165, 1.54) is 6.07 Å². The maximum atomic E-state index is 13.4. The summed E-state index contributed by atoms with van der Waals surface area (Å²) in [5.41, 5.74) is -0.475. The van der Waals surface area contributed by atoms with Gasteiger partial charge in [0.2, 0.25) is 5.91 Å². The number of aliphatic hydroxyl groups is 2. The topological polar surface area (TPSA) is 69.6 Å². The van der Waals surface area contributed by atoms with Gasteiger partial charge in [-0.15, -0.1) is 0 Å². The number of hydrogen-bond acceptors (Lipinski definition) is 3. The third kappa shape index (κ3) is 4.54. The molecule has 0 aliphatic carbocycles. The van der Waals surface area contributed by atoms with E-state index in [0.717, 1.165) is 12.1 Å². The summed E-state index contributed by atoms with van der Waals surface area (Å²) in [5.74, 6) is -2.29. The smallest absolute Gasteiger partial charge is 0.222 e. The standard InChI is InChI=1S/C14H19F2NO3/c1-8(2)11(18)6-13(20)17-7-12(19)14-9(15)4-3-5-10(14)16/h3-5,8,11-12,18-19H,6-7H2,1-2H3,(H,17,20). The highest BCUT2D eigenvalue weighted by Crippen LogP contribution is 2.20. The van der Waals surface area contributed by atoms with Crippen LogP contribution >= 0.6 is 0 Å². The molecule has 0 aliphatic rings. The number of benzene rings is 1. The summed E-state index contributed by atoms with van der Waals surface area (Å²) < 4.78 is 26.8. The molecule has 0 fully saturated rings. The first-order valence-electron chi connectivity index (χ1n) is 6.39. The lowest BCUT2D eigenvalue weighted by Crippen LogP contribution is -2.32. The van der Waals surface area contributed by atoms with Gasteiger partial charge in [-0.05, 0) is 18.1 Å². The van der Waals surface area contributed by atoms with Crippen molar-refractivity contribution in [2.24, 2.45) is 5.92 Å². The molecule has 1 amide bonds. The van der Waals surface area contributed by atoms with Crippen molar-refractivity contribution in [3.05, 3.63) is 35.4 Å². The predicted octanol–water partition coefficient (Wildman–Crippen LogP) is 1.52. The van der Waals surface area contributed by atoms with Crippen molar-refractivity contribution < 1.29 is 23.8 Å². The van der Waals surface area contributed by atoms with Crippen LogP contribution in [0.25, 0.3) is 0 Å². The number of rotatable bonds is 6. The highest BCUT2D eigenvalue weighted by atomic mass is 19.1. The molecular weight excluding hydrogens is 268 g/mol. The molecule has 0 aromatic heterocycles. The molecule has 0 saturated heterocycles. The van der Waals surface area contributed by atoms with Crippen molar-refractivity contribution in [1.82, 2.24) is 5.32 Å². The molecule has 6 heteroatoms. The van der Waals surface area contributed by atoms with Crippen molar-refractivity contribution in [3.8, 4) is 0 Å². The van der Waals surface area contributed by atoms with Crippen LogP contribution in [0.15, 0.2) is 18.2 Å². The van der Waals surface area contributed by atoms with Gasteiger partial charge in [0.15, 0.2) is 0 Å². The highest BCUT2D eigenvalue weighted by Gasteiger charge is 2.19. The second-order valence-electron chi connectivity index (χ2n) is 4.97. The van der Waals surface area contributed by atoms with Crippen LogP contribution in [0.1, 0.15) is 31.9 Å². The summed E-state index contributed by atoms with van der Waals surface area (Å²) in [6.07, 6.45) is -2.39. The monoisotopic (exact) mass is 287 g/mol. The van der Waals surface area contributed by atoms with Crippen LogP contribution in [-0.4, -0.2) is 28.8 Å². The van der Waals surface area contributed by atoms with Gasteiger partial charge in [-0.1, -0.05) is 19.9 Å². The Morgan fingerprint density at radius 1 is 1.25 bits per heavy atom. The van der Waals surface area contributed by atoms with Crippen molar-refractivity contribution >= 4 is 5.91 Å². The Morgan fingerprint density at radius 2 is 1.80 bits per heavy atom. The number of nitrogens with one attached hydrogen (secondary N) is 1. The van der Waals surface area contributed by atoms with Gasteiger partial charge in [0.05, 0.1) is 18.1 Å². The molecule has 2 atom stereocenters. The Kier molecular flexibility index (Phi) is 6.04. The molecule has 112 valence electrons. The summed E-state index contributed by atoms with van der Waals surface area (Å²) in [6, 6.07) is 3.26. The van der Waals surface area contributed by atoms with Gasteiger partial charge in [0, 0.05) is 6.54 Å². The van der Waals surface area contributed by atoms with Gasteiger partial charge in [-0.25, -0.2) is 8.78 Å². The molecule has 0 bridgehead atoms. The van der Waals surface area contributed by atoms with Crippen molar-refractivity contribution in [1.29, 1.82) is 0 Å². The van der Waals surface area contributed by atoms with E-state index < -0.39 is 35.3 Å². The van der Waals surface area contributed by atoms with Gasteiger partial charge in [-0.3, -0.25) is 4.79 Å². The lowest BCUT2D eigenvalue weighted by molar-refractivity contribution is -0.124. The molecule has 0 heterocycles. The van der Waals surface area contributed by atoms with Gasteiger partial charge >= 0.3 is 0 Å². The van der Waals surface area contributed by atoms with Gasteiger partial charge < -0.3 is 15.5 Å². The highest BCUT2D eigenvalue weighted by molar-refractivity contribution is 5.76. The van der Waals surface area contributed by atoms with Crippen LogP contribution in [0, 0.1) is 17.6 Å². The first-order chi connectivity index (χ1) is 9.32. The van der Waals surface area contributed by atoms with Crippen molar-refractivity contribution in [2.75, 3.05) is 6.54 Å². The van der Waals surface area contributed by atoms with Crippen LogP contribution in [0.5, 0.6) is 0 Å². The molecular formula is C14H19F2NO3. The van der Waals surface area contributed by atoms with Crippen LogP contribution in [-0.2, 0) is 4.79 Å². The summed E-state index contributed by atoms with van der Waals surface area (Å²) in [7, 11) is 0. The third-order valence-electron chi connectivity index (χ3n) is 2.99. The predicted molar refractivity (Wildman–Crippen MR) is 69.8 cm³/mol. The fraction of sp³-hybridized carbons (Fsp3) is 0.500. The molecule has 3 N–H and O–H groups in total. The minimum Gasteiger partial charge on any atom is -0.392 e. The fourth-order valence-electron chi connectivity index (χ4n) is 1.64. The minimum absolute atomic E-state index is 0.0744. The van der Waals surface area contributed by atoms with E-state index in [4.69, 9.17) is 0 Å². The average molecular weight is 287 g/mol. The zero-order chi connectivity index (χ0) is 15.3. The zero-order valence-corrected chi connectivity index (χ0v) is 11.4. The van der Waals surface area contributed by atoms with E-state index in [1.807, 2.05) is 0 Å². The van der Waals surface area contributed by atoms with E-state index in [1.54, 1.807) is 13.8 Å². The molecule has 1 aromatic carbocycles. The number of carbonyl (C=O) groups is 1. The summed E-state index contributed by atoms with van der Waals surface area (Å²) in [6.45, 7) is 3.21. The maximum absolute atomic E-state index is 13.4. The fourth-order valence-corrected chi connectivity index (χ4v) is 1.64. The molecule has 2 unspecified atom stereocenters. The lowest BCUT2D eigenvalue weighted by atomic mass is 10.0. The van der Waals surface area contributed by atoms with E-state index in [2.05, 4.69) is 5.32 Å². The SMILES string of the molecule is CC(C)C(O)CC(=O)NCC(O)c1c(F)cccc1F. The Bertz CT molecular complexity index is 445. The Hall–Kier alpha value is -1.53. The summed E-state index contributed by atoms with van der Waals surface area (Å²) in [4.78, 5) is 11.5. The number of hydrogen-bond donors (Lipinski definition) is 3. The number of amides is 1. The first-order valence-corrected chi connectivity index (χ1v) is 6.39. The van der Waals surface area contributed by atoms with Gasteiger partial charge in [0.25, 0.3) is 0 Å². The maximum Gasteiger partial charge on any atom is 0.222 e. The van der Waals surface area contributed by atoms with E-state index in [9.17, 15) is 23.8 Å². The van der Waals surface area contributed by atoms with E-state index >= 15 is 0 Å². The molecule has 0 aliphatic heterocycles. The average Bonchev–Trinajstić information content (AvgIpc) is 2.36. The molecule has 1 aromatic rings. The largest absolute Gasteiger partial charge is 0.392 e. The molecule has 0 saturated carbocycles.